The molecule has 3 rings (SSSR count). The van der Waals surface area contributed by atoms with E-state index in [-0.39, 0.29) is 17.6 Å². The minimum Gasteiger partial charge on any atom is -0.462 e. The predicted molar refractivity (Wildman–Crippen MR) is 102 cm³/mol. The van der Waals surface area contributed by atoms with E-state index in [2.05, 4.69) is 20.5 Å². The first-order valence-corrected chi connectivity index (χ1v) is 9.35. The van der Waals surface area contributed by atoms with Crippen molar-refractivity contribution in [2.75, 3.05) is 17.7 Å². The lowest BCUT2D eigenvalue weighted by molar-refractivity contribution is -0.113. The zero-order chi connectivity index (χ0) is 19.4. The van der Waals surface area contributed by atoms with E-state index in [0.29, 0.717) is 28.8 Å². The number of anilines is 1. The average Bonchev–Trinajstić information content (AvgIpc) is 3.04. The molecule has 0 radical (unpaired) electrons. The molecule has 0 aliphatic carbocycles. The summed E-state index contributed by atoms with van der Waals surface area (Å²) in [5.41, 5.74) is 2.87. The largest absolute Gasteiger partial charge is 0.462 e. The Kier molecular flexibility index (Phi) is 5.70. The van der Waals surface area contributed by atoms with Gasteiger partial charge >= 0.3 is 5.97 Å². The molecule has 2 heterocycles. The summed E-state index contributed by atoms with van der Waals surface area (Å²) >= 11 is 1.28. The van der Waals surface area contributed by atoms with Gasteiger partial charge < -0.3 is 10.1 Å². The van der Waals surface area contributed by atoms with Crippen molar-refractivity contribution in [1.29, 1.82) is 0 Å². The lowest BCUT2D eigenvalue weighted by Gasteiger charge is -2.07. The van der Waals surface area contributed by atoms with Crippen LogP contribution in [0.3, 0.4) is 0 Å². The molecule has 0 aliphatic rings. The minimum atomic E-state index is -0.385. The molecular weight excluding hydrogens is 366 g/mol. The van der Waals surface area contributed by atoms with Crippen molar-refractivity contribution in [2.24, 2.45) is 0 Å². The molecule has 0 saturated carbocycles. The zero-order valence-corrected chi connectivity index (χ0v) is 16.0. The van der Waals surface area contributed by atoms with E-state index in [1.54, 1.807) is 31.2 Å². The Balaban J connectivity index is 1.61. The lowest BCUT2D eigenvalue weighted by Crippen LogP contribution is -2.14. The molecule has 0 saturated heterocycles. The van der Waals surface area contributed by atoms with Crippen LogP contribution >= 0.6 is 11.8 Å². The van der Waals surface area contributed by atoms with Gasteiger partial charge in [-0.1, -0.05) is 11.8 Å². The molecule has 2 aromatic heterocycles. The van der Waals surface area contributed by atoms with Gasteiger partial charge in [-0.25, -0.2) is 9.78 Å². The van der Waals surface area contributed by atoms with Crippen LogP contribution in [0.2, 0.25) is 0 Å². The molecule has 0 aliphatic heterocycles. The Morgan fingerprint density at radius 2 is 1.93 bits per heavy atom. The third-order valence-corrected chi connectivity index (χ3v) is 4.60. The van der Waals surface area contributed by atoms with E-state index in [0.717, 1.165) is 11.4 Å². The Morgan fingerprint density at radius 1 is 1.19 bits per heavy atom. The van der Waals surface area contributed by atoms with Crippen LogP contribution in [0.4, 0.5) is 5.69 Å². The number of esters is 1. The molecule has 0 unspecified atom stereocenters. The molecule has 8 nitrogen and oxygen atoms in total. The summed E-state index contributed by atoms with van der Waals surface area (Å²) in [6.45, 7) is 5.91. The fourth-order valence-corrected chi connectivity index (χ4v) is 3.31. The topological polar surface area (TPSA) is 98.5 Å². The number of hydrogen-bond donors (Lipinski definition) is 1. The molecule has 1 aromatic carbocycles. The number of hydrogen-bond acceptors (Lipinski definition) is 7. The van der Waals surface area contributed by atoms with Crippen LogP contribution in [-0.2, 0) is 9.53 Å². The number of carbonyl (C=O) groups is 2. The molecule has 0 bridgehead atoms. The first-order valence-electron chi connectivity index (χ1n) is 8.37. The number of ether oxygens (including phenoxy) is 1. The summed E-state index contributed by atoms with van der Waals surface area (Å²) in [4.78, 5) is 28.2. The van der Waals surface area contributed by atoms with Crippen molar-refractivity contribution >= 4 is 35.1 Å². The molecule has 9 heteroatoms. The SMILES string of the molecule is CCOC(=O)c1ccc(NC(=O)CSc2nnc3nc(C)cc(C)n23)cc1. The van der Waals surface area contributed by atoms with E-state index in [9.17, 15) is 9.59 Å². The van der Waals surface area contributed by atoms with Gasteiger partial charge in [0.15, 0.2) is 5.16 Å². The first kappa shape index (κ1) is 18.8. The summed E-state index contributed by atoms with van der Waals surface area (Å²) in [7, 11) is 0. The maximum absolute atomic E-state index is 12.2. The van der Waals surface area contributed by atoms with Crippen LogP contribution in [0.15, 0.2) is 35.5 Å². The van der Waals surface area contributed by atoms with Crippen molar-refractivity contribution in [2.45, 2.75) is 25.9 Å². The second kappa shape index (κ2) is 8.17. The number of amides is 1. The molecule has 1 N–H and O–H groups in total. The van der Waals surface area contributed by atoms with E-state index in [1.807, 2.05) is 24.3 Å². The highest BCUT2D eigenvalue weighted by Crippen LogP contribution is 2.19. The van der Waals surface area contributed by atoms with E-state index in [4.69, 9.17) is 4.74 Å². The first-order chi connectivity index (χ1) is 13.0. The molecule has 3 aromatic rings. The molecular formula is C18H19N5O3S. The third kappa shape index (κ3) is 4.43. The maximum atomic E-state index is 12.2. The van der Waals surface area contributed by atoms with Crippen molar-refractivity contribution in [3.8, 4) is 0 Å². The fraction of sp³-hybridized carbons (Fsp3) is 0.278. The van der Waals surface area contributed by atoms with E-state index in [1.165, 1.54) is 11.8 Å². The monoisotopic (exact) mass is 385 g/mol. The minimum absolute atomic E-state index is 0.174. The van der Waals surface area contributed by atoms with Crippen LogP contribution in [0.1, 0.15) is 28.7 Å². The highest BCUT2D eigenvalue weighted by Gasteiger charge is 2.13. The predicted octanol–water partition coefficient (Wildman–Crippen LogP) is 2.65. The number of fused-ring (bicyclic) bond motifs is 1. The van der Waals surface area contributed by atoms with Gasteiger partial charge in [0.2, 0.25) is 5.91 Å². The highest BCUT2D eigenvalue weighted by atomic mass is 32.2. The Morgan fingerprint density at radius 3 is 2.63 bits per heavy atom. The summed E-state index contributed by atoms with van der Waals surface area (Å²) in [6.07, 6.45) is 0. The van der Waals surface area contributed by atoms with Crippen LogP contribution in [0.5, 0.6) is 0 Å². The number of aromatic nitrogens is 4. The number of thioether (sulfide) groups is 1. The Bertz CT molecular complexity index is 985. The number of rotatable bonds is 6. The number of nitrogens with zero attached hydrogens (tertiary/aromatic N) is 4. The van der Waals surface area contributed by atoms with Gasteiger partial charge in [0.25, 0.3) is 5.78 Å². The number of aryl methyl sites for hydroxylation is 2. The van der Waals surface area contributed by atoms with Crippen LogP contribution in [0, 0.1) is 13.8 Å². The molecule has 0 fully saturated rings. The van der Waals surface area contributed by atoms with E-state index < -0.39 is 0 Å². The molecule has 27 heavy (non-hydrogen) atoms. The van der Waals surface area contributed by atoms with Gasteiger partial charge in [-0.3, -0.25) is 9.20 Å². The Hall–Kier alpha value is -2.94. The Labute approximate surface area is 160 Å². The standard InChI is InChI=1S/C18H19N5O3S/c1-4-26-16(25)13-5-7-14(8-6-13)20-15(24)10-27-18-22-21-17-19-11(2)9-12(3)23(17)18/h5-9H,4,10H2,1-3H3,(H,20,24). The van der Waals surface area contributed by atoms with Gasteiger partial charge in [-0.2, -0.15) is 0 Å². The maximum Gasteiger partial charge on any atom is 0.338 e. The van der Waals surface area contributed by atoms with E-state index >= 15 is 0 Å². The zero-order valence-electron chi connectivity index (χ0n) is 15.2. The molecule has 1 amide bonds. The van der Waals surface area contributed by atoms with Crippen molar-refractivity contribution < 1.29 is 14.3 Å². The van der Waals surface area contributed by atoms with Crippen LogP contribution in [0.25, 0.3) is 5.78 Å². The second-order valence-corrected chi connectivity index (χ2v) is 6.73. The van der Waals surface area contributed by atoms with Gasteiger partial charge in [0, 0.05) is 17.1 Å². The highest BCUT2D eigenvalue weighted by molar-refractivity contribution is 7.99. The molecule has 0 spiro atoms. The summed E-state index contributed by atoms with van der Waals surface area (Å²) in [5, 5.41) is 11.6. The second-order valence-electron chi connectivity index (χ2n) is 5.79. The van der Waals surface area contributed by atoms with Gasteiger partial charge in [0.1, 0.15) is 0 Å². The number of nitrogens with one attached hydrogen (secondary N) is 1. The molecule has 0 atom stereocenters. The normalized spacial score (nSPS) is 10.8. The lowest BCUT2D eigenvalue weighted by atomic mass is 10.2. The number of benzene rings is 1. The van der Waals surface area contributed by atoms with Crippen LogP contribution < -0.4 is 5.32 Å². The van der Waals surface area contributed by atoms with Crippen molar-refractivity contribution in [3.63, 3.8) is 0 Å². The van der Waals surface area contributed by atoms with Crippen LogP contribution in [-0.4, -0.2) is 43.8 Å². The fourth-order valence-electron chi connectivity index (χ4n) is 2.52. The van der Waals surface area contributed by atoms with Crippen molar-refractivity contribution in [3.05, 3.63) is 47.3 Å². The van der Waals surface area contributed by atoms with Gasteiger partial charge in [0.05, 0.1) is 17.9 Å². The molecule has 140 valence electrons. The third-order valence-electron chi connectivity index (χ3n) is 3.68. The average molecular weight is 385 g/mol. The summed E-state index contributed by atoms with van der Waals surface area (Å²) < 4.78 is 6.75. The number of carbonyl (C=O) groups excluding carboxylic acids is 2. The smallest absolute Gasteiger partial charge is 0.338 e. The van der Waals surface area contributed by atoms with Gasteiger partial charge in [-0.05, 0) is 51.1 Å². The quantitative estimate of drug-likeness (QED) is 0.514. The van der Waals surface area contributed by atoms with Gasteiger partial charge in [-0.15, -0.1) is 10.2 Å². The summed E-state index contributed by atoms with van der Waals surface area (Å²) in [5.74, 6) is 0.125. The van der Waals surface area contributed by atoms with Crippen molar-refractivity contribution in [1.82, 2.24) is 19.6 Å². The summed E-state index contributed by atoms with van der Waals surface area (Å²) in [6, 6.07) is 8.50.